The number of nitrogens with zero attached hydrogens (tertiary/aromatic N) is 2. The summed E-state index contributed by atoms with van der Waals surface area (Å²) in [7, 11) is 1.68. The monoisotopic (exact) mass is 314 g/mol. The number of hydrogen-bond acceptors (Lipinski definition) is 2. The number of fused-ring (bicyclic) bond motifs is 5. The molecule has 0 unspecified atom stereocenters. The molecule has 0 aliphatic heterocycles. The molecule has 0 saturated heterocycles. The summed E-state index contributed by atoms with van der Waals surface area (Å²) in [6.45, 7) is 0. The van der Waals surface area contributed by atoms with E-state index in [0.717, 1.165) is 28.0 Å². The maximum Gasteiger partial charge on any atom is 0.180 e. The van der Waals surface area contributed by atoms with Crippen molar-refractivity contribution in [2.24, 2.45) is 0 Å². The van der Waals surface area contributed by atoms with Crippen molar-refractivity contribution in [2.75, 3.05) is 7.11 Å². The summed E-state index contributed by atoms with van der Waals surface area (Å²) in [5, 5.41) is 0. The van der Waals surface area contributed by atoms with Crippen molar-refractivity contribution < 1.29 is 4.74 Å². The Morgan fingerprint density at radius 3 is 3.05 bits per heavy atom. The molecule has 0 radical (unpaired) electrons. The first-order valence-electron chi connectivity index (χ1n) is 6.10. The number of hydrogen-bond donors (Lipinski definition) is 0. The minimum Gasteiger partial charge on any atom is -0.493 e. The molecule has 2 heterocycles. The molecule has 0 atom stereocenters. The molecule has 94 valence electrons. The molecule has 0 bridgehead atoms. The van der Waals surface area contributed by atoms with Crippen molar-refractivity contribution in [1.82, 2.24) is 9.38 Å². The molecule has 4 rings (SSSR count). The van der Waals surface area contributed by atoms with E-state index in [4.69, 9.17) is 9.72 Å². The highest BCUT2D eigenvalue weighted by Crippen LogP contribution is 2.39. The molecular formula is C15H11BrN2O. The van der Waals surface area contributed by atoms with Crippen LogP contribution in [0, 0.1) is 0 Å². The Hall–Kier alpha value is -1.81. The molecule has 1 aliphatic rings. The minimum absolute atomic E-state index is 0.815. The number of halogens is 1. The van der Waals surface area contributed by atoms with Crippen molar-refractivity contribution in [1.29, 1.82) is 0 Å². The normalized spacial score (nSPS) is 12.5. The van der Waals surface area contributed by atoms with Crippen LogP contribution < -0.4 is 4.74 Å². The van der Waals surface area contributed by atoms with Crippen LogP contribution in [0.1, 0.15) is 11.3 Å². The van der Waals surface area contributed by atoms with Gasteiger partial charge >= 0.3 is 0 Å². The highest BCUT2D eigenvalue weighted by Gasteiger charge is 2.25. The summed E-state index contributed by atoms with van der Waals surface area (Å²) in [5.74, 6) is 0.815. The van der Waals surface area contributed by atoms with Crippen LogP contribution in [0.4, 0.5) is 0 Å². The molecule has 3 aromatic rings. The summed E-state index contributed by atoms with van der Waals surface area (Å²) in [6, 6.07) is 10.3. The van der Waals surface area contributed by atoms with Crippen LogP contribution in [0.15, 0.2) is 41.0 Å². The maximum atomic E-state index is 5.38. The molecule has 1 aliphatic carbocycles. The van der Waals surface area contributed by atoms with E-state index in [1.54, 1.807) is 7.11 Å². The average Bonchev–Trinajstić information content (AvgIpc) is 2.93. The van der Waals surface area contributed by atoms with Crippen LogP contribution in [-0.4, -0.2) is 16.5 Å². The van der Waals surface area contributed by atoms with Crippen molar-refractivity contribution in [2.45, 2.75) is 6.42 Å². The van der Waals surface area contributed by atoms with E-state index < -0.39 is 0 Å². The van der Waals surface area contributed by atoms with Gasteiger partial charge in [-0.1, -0.05) is 22.0 Å². The van der Waals surface area contributed by atoms with Gasteiger partial charge in [-0.3, -0.25) is 4.40 Å². The Bertz CT molecular complexity index is 807. The third-order valence-electron chi connectivity index (χ3n) is 3.61. The van der Waals surface area contributed by atoms with Crippen molar-refractivity contribution in [3.63, 3.8) is 0 Å². The zero-order chi connectivity index (χ0) is 13.0. The molecule has 19 heavy (non-hydrogen) atoms. The molecule has 0 saturated carbocycles. The van der Waals surface area contributed by atoms with E-state index in [2.05, 4.69) is 38.5 Å². The first-order chi connectivity index (χ1) is 9.28. The minimum atomic E-state index is 0.815. The van der Waals surface area contributed by atoms with Crippen LogP contribution in [0.25, 0.3) is 16.9 Å². The molecule has 1 aromatic carbocycles. The summed E-state index contributed by atoms with van der Waals surface area (Å²) >= 11 is 3.52. The number of imidazole rings is 1. The number of aromatic nitrogens is 2. The predicted octanol–water partition coefficient (Wildman–Crippen LogP) is 3.68. The summed E-state index contributed by atoms with van der Waals surface area (Å²) in [5.41, 5.74) is 5.76. The first kappa shape index (κ1) is 11.1. The summed E-state index contributed by atoms with van der Waals surface area (Å²) in [4.78, 5) is 4.76. The number of benzene rings is 1. The van der Waals surface area contributed by atoms with Gasteiger partial charge in [-0.25, -0.2) is 4.98 Å². The van der Waals surface area contributed by atoms with Crippen LogP contribution >= 0.6 is 15.9 Å². The topological polar surface area (TPSA) is 26.5 Å². The Morgan fingerprint density at radius 1 is 1.32 bits per heavy atom. The fourth-order valence-electron chi connectivity index (χ4n) is 2.76. The number of methoxy groups -OCH3 is 1. The summed E-state index contributed by atoms with van der Waals surface area (Å²) in [6.07, 6.45) is 2.96. The first-order valence-corrected chi connectivity index (χ1v) is 6.90. The second-order valence-corrected chi connectivity index (χ2v) is 5.57. The SMILES string of the molecule is COc1cccn2c3c(nc12)-c1ccc(Br)cc1C3. The van der Waals surface area contributed by atoms with E-state index in [9.17, 15) is 0 Å². The van der Waals surface area contributed by atoms with Gasteiger partial charge in [0.1, 0.15) is 0 Å². The Kier molecular flexibility index (Phi) is 2.23. The van der Waals surface area contributed by atoms with Crippen molar-refractivity contribution in [3.8, 4) is 17.0 Å². The van der Waals surface area contributed by atoms with Crippen molar-refractivity contribution in [3.05, 3.63) is 52.3 Å². The fraction of sp³-hybridized carbons (Fsp3) is 0.133. The number of ether oxygens (including phenoxy) is 1. The maximum absolute atomic E-state index is 5.38. The highest BCUT2D eigenvalue weighted by atomic mass is 79.9. The lowest BCUT2D eigenvalue weighted by molar-refractivity contribution is 0.417. The van der Waals surface area contributed by atoms with E-state index in [-0.39, 0.29) is 0 Å². The smallest absolute Gasteiger partial charge is 0.180 e. The van der Waals surface area contributed by atoms with Crippen molar-refractivity contribution >= 4 is 21.6 Å². The van der Waals surface area contributed by atoms with Gasteiger partial charge in [-0.05, 0) is 29.8 Å². The lowest BCUT2D eigenvalue weighted by Gasteiger charge is -2.04. The molecule has 0 fully saturated rings. The van der Waals surface area contributed by atoms with E-state index in [0.29, 0.717) is 0 Å². The van der Waals surface area contributed by atoms with Gasteiger partial charge < -0.3 is 4.74 Å². The van der Waals surface area contributed by atoms with Gasteiger partial charge in [-0.2, -0.15) is 0 Å². The quantitative estimate of drug-likeness (QED) is 0.536. The van der Waals surface area contributed by atoms with Gasteiger partial charge in [0.05, 0.1) is 18.5 Å². The van der Waals surface area contributed by atoms with Gasteiger partial charge in [-0.15, -0.1) is 0 Å². The largest absolute Gasteiger partial charge is 0.493 e. The van der Waals surface area contributed by atoms with Crippen LogP contribution in [0.2, 0.25) is 0 Å². The molecule has 3 nitrogen and oxygen atoms in total. The van der Waals surface area contributed by atoms with Gasteiger partial charge in [0.15, 0.2) is 11.4 Å². The van der Waals surface area contributed by atoms with Crippen LogP contribution in [-0.2, 0) is 6.42 Å². The fourth-order valence-corrected chi connectivity index (χ4v) is 3.16. The van der Waals surface area contributed by atoms with Crippen LogP contribution in [0.3, 0.4) is 0 Å². The zero-order valence-electron chi connectivity index (χ0n) is 10.4. The third kappa shape index (κ3) is 1.46. The van der Waals surface area contributed by atoms with Gasteiger partial charge in [0, 0.05) is 22.7 Å². The van der Waals surface area contributed by atoms with E-state index in [1.165, 1.54) is 16.8 Å². The Balaban J connectivity index is 2.03. The molecular weight excluding hydrogens is 304 g/mol. The third-order valence-corrected chi connectivity index (χ3v) is 4.11. The summed E-state index contributed by atoms with van der Waals surface area (Å²) < 4.78 is 8.62. The second kappa shape index (κ2) is 3.84. The lowest BCUT2D eigenvalue weighted by Crippen LogP contribution is -1.94. The molecule has 0 N–H and O–H groups in total. The second-order valence-electron chi connectivity index (χ2n) is 4.66. The zero-order valence-corrected chi connectivity index (χ0v) is 11.9. The van der Waals surface area contributed by atoms with Crippen LogP contribution in [0.5, 0.6) is 5.75 Å². The van der Waals surface area contributed by atoms with Gasteiger partial charge in [0.25, 0.3) is 0 Å². The lowest BCUT2D eigenvalue weighted by atomic mass is 10.1. The Morgan fingerprint density at radius 2 is 2.21 bits per heavy atom. The van der Waals surface area contributed by atoms with E-state index >= 15 is 0 Å². The molecule has 2 aromatic heterocycles. The van der Waals surface area contributed by atoms with Gasteiger partial charge in [0.2, 0.25) is 0 Å². The average molecular weight is 315 g/mol. The molecule has 4 heteroatoms. The predicted molar refractivity (Wildman–Crippen MR) is 77.7 cm³/mol. The Labute approximate surface area is 119 Å². The van der Waals surface area contributed by atoms with E-state index in [1.807, 2.05) is 18.3 Å². The molecule has 0 spiro atoms. The number of pyridine rings is 1. The molecule has 0 amide bonds. The highest BCUT2D eigenvalue weighted by molar-refractivity contribution is 9.10. The standard InChI is InChI=1S/C15H11BrN2O/c1-19-13-3-2-6-18-12-8-9-7-10(16)4-5-11(9)14(12)17-15(13)18/h2-7H,8H2,1H3. The number of rotatable bonds is 1.